The summed E-state index contributed by atoms with van der Waals surface area (Å²) in [6.07, 6.45) is 10.4. The lowest BCUT2D eigenvalue weighted by Crippen LogP contribution is -2.20. The van der Waals surface area contributed by atoms with Crippen LogP contribution >= 0.6 is 8.15 Å². The summed E-state index contributed by atoms with van der Waals surface area (Å²) < 4.78 is 142. The molecule has 0 aromatic rings. The number of carbonyl (C=O) groups excluding carboxylic acids is 1. The lowest BCUT2D eigenvalue weighted by molar-refractivity contribution is -0.168. The Morgan fingerprint density at radius 3 is 0.564 bits per heavy atom. The van der Waals surface area contributed by atoms with Crippen LogP contribution in [0.25, 0.3) is 0 Å². The van der Waals surface area contributed by atoms with Crippen molar-refractivity contribution in [1.82, 2.24) is 9.79 Å². The summed E-state index contributed by atoms with van der Waals surface area (Å²) in [6, 6.07) is 0. The normalized spacial score (nSPS) is 7.78. The second-order valence-corrected chi connectivity index (χ2v) is 23.7. The smallest absolute Gasteiger partial charge is 0.264 e. The molecule has 0 spiro atoms. The third kappa shape index (κ3) is 2030. The van der Waals surface area contributed by atoms with Gasteiger partial charge in [-0.15, -0.1) is 0 Å². The Morgan fingerprint density at radius 2 is 0.564 bits per heavy atom. The van der Waals surface area contributed by atoms with Gasteiger partial charge in [-0.2, -0.15) is 16.8 Å². The molecule has 0 atom stereocenters. The number of methoxy groups -OCH3 is 1. The van der Waals surface area contributed by atoms with Gasteiger partial charge in [-0.1, -0.05) is 91.6 Å². The number of hydroxylamine groups is 1. The molecule has 0 heterocycles. The quantitative estimate of drug-likeness (QED) is 0.0817. The number of ketones is 1. The van der Waals surface area contributed by atoms with Crippen LogP contribution in [0.15, 0.2) is 0 Å². The summed E-state index contributed by atoms with van der Waals surface area (Å²) in [5.74, 6) is 0.167. The van der Waals surface area contributed by atoms with E-state index in [1.54, 1.807) is 26.7 Å². The minimum atomic E-state index is -3.35. The first-order valence-electron chi connectivity index (χ1n) is 18.4. The first-order valence-corrected chi connectivity index (χ1v) is 34.2. The average molecular weight is 1340 g/mol. The Kier molecular flexibility index (Phi) is 347. The molecule has 18 N–H and O–H groups in total. The Hall–Kier alpha value is -0.690. The molecule has 0 unspecified atom stereocenters. The predicted molar refractivity (Wildman–Crippen MR) is 355 cm³/mol. The molecule has 0 saturated heterocycles. The van der Waals surface area contributed by atoms with Gasteiger partial charge in [-0.3, -0.25) is 17.8 Å². The van der Waals surface area contributed by atoms with E-state index in [-0.39, 0.29) is 77.8 Å². The van der Waals surface area contributed by atoms with Crippen molar-refractivity contribution in [2.75, 3.05) is 169 Å². The number of sulfone groups is 1. The Balaban J connectivity index is -0.0000000142. The predicted octanol–water partition coefficient (Wildman–Crippen LogP) is 2.42. The van der Waals surface area contributed by atoms with E-state index in [9.17, 15) is 59.5 Å². The maximum atomic E-state index is 10.0. The molecule has 0 saturated carbocycles. The molecule has 78 heavy (non-hydrogen) atoms. The summed E-state index contributed by atoms with van der Waals surface area (Å²) in [5.41, 5.74) is 27.0. The van der Waals surface area contributed by atoms with Crippen molar-refractivity contribution >= 4 is 84.9 Å². The molecular formula is C40H143N10O20PS7. The zero-order valence-corrected chi connectivity index (χ0v) is 55.2. The number of carbonyl (C=O) groups is 1. The highest BCUT2D eigenvalue weighted by Gasteiger charge is 2.03. The minimum absolute atomic E-state index is 0. The lowest BCUT2D eigenvalue weighted by Gasteiger charge is -2.00. The largest absolute Gasteiger partial charge is 0.388 e. The van der Waals surface area contributed by atoms with Crippen LogP contribution in [0.4, 0.5) is 0 Å². The molecule has 0 aromatic heterocycles. The Morgan fingerprint density at radius 1 is 0.500 bits per heavy atom. The van der Waals surface area contributed by atoms with Gasteiger partial charge in [-0.25, -0.2) is 53.5 Å². The fourth-order valence-electron chi connectivity index (χ4n) is 0.149. The second-order valence-electron chi connectivity index (χ2n) is 9.35. The van der Waals surface area contributed by atoms with E-state index < -0.39 is 70.9 Å². The first-order chi connectivity index (χ1) is 31.1. The van der Waals surface area contributed by atoms with Crippen LogP contribution in [0.5, 0.6) is 0 Å². The molecule has 0 amide bonds. The number of hydrogen-bond donors (Lipinski definition) is 10. The SMILES string of the molecule is C.C.C.C.C.C.C.C.CC.CC.CC(C)=O.CN.CN.CN.CN.CN.CN.CN(O)S(C)(=O)=O.CNC.COC.COOP(C)C.COS(C)(=O)=O.COS(C)(=O)=O.CS(C)(=O)=O.CS(C)=O.CS(N)(=O)=O.CS(N)(=O)=O. The van der Waals surface area contributed by atoms with Gasteiger partial charge in [-0.05, 0) is 83.6 Å². The molecule has 0 aromatic carbocycles. The highest BCUT2D eigenvalue weighted by atomic mass is 32.2. The van der Waals surface area contributed by atoms with Gasteiger partial charge in [0.25, 0.3) is 20.2 Å². The fourth-order valence-corrected chi connectivity index (χ4v) is 0.447. The van der Waals surface area contributed by atoms with E-state index in [0.717, 1.165) is 65.1 Å². The van der Waals surface area contributed by atoms with Crippen LogP contribution in [0.3, 0.4) is 0 Å². The maximum Gasteiger partial charge on any atom is 0.264 e. The summed E-state index contributed by atoms with van der Waals surface area (Å²) >= 11 is 0. The van der Waals surface area contributed by atoms with Gasteiger partial charge in [0.15, 0.2) is 0 Å². The van der Waals surface area contributed by atoms with Crippen molar-refractivity contribution in [3.8, 4) is 0 Å². The van der Waals surface area contributed by atoms with Crippen molar-refractivity contribution in [1.29, 1.82) is 0 Å². The molecular weight excluding hydrogens is 1200 g/mol. The van der Waals surface area contributed by atoms with Crippen molar-refractivity contribution in [3.05, 3.63) is 0 Å². The van der Waals surface area contributed by atoms with Gasteiger partial charge < -0.3 is 49.3 Å². The number of Topliss-reactive ketones (excluding diaryl/α,β-unsaturated/α-hetero) is 1. The summed E-state index contributed by atoms with van der Waals surface area (Å²) in [5, 5.41) is 19.5. The van der Waals surface area contributed by atoms with Crippen molar-refractivity contribution in [3.63, 3.8) is 0 Å². The highest BCUT2D eigenvalue weighted by molar-refractivity contribution is 7.90. The molecule has 0 fully saturated rings. The van der Waals surface area contributed by atoms with Crippen LogP contribution in [0.1, 0.15) is 101 Å². The van der Waals surface area contributed by atoms with Gasteiger partial charge in [0.1, 0.15) is 15.6 Å². The van der Waals surface area contributed by atoms with E-state index in [1.165, 1.54) is 63.2 Å². The van der Waals surface area contributed by atoms with Crippen LogP contribution in [-0.4, -0.2) is 239 Å². The standard InChI is InChI=1S/C3H9O2P.C3H6O.C2H7NO3S.C2H7N.2C2H6O3S.C2H6O2S.C2H6OS.C2H6O.2C2H6.2CH5NO2S.6CH5N.8CH4/c1-4-5-6(2)3;1-3(2)4;1-3(4)7(2,5)6;1-3-2;2*1-5-6(2,3)4;1-5(2,3)4;1-4(2)3;1-3-2;2*1-2;2*1-5(2,3)4;6*1-2;;;;;;;;/h1-3H3;1-2H3;4H,1-2H3;3H,1-2H3;2*1-2H3;1-2H3;1-2H3;1-2H3;2*1-2H3;2*1H3,(H2,2,3,4);6*2H2,1H3;8*1H4. The molecule has 0 bridgehead atoms. The third-order valence-corrected chi connectivity index (χ3v) is 3.93. The van der Waals surface area contributed by atoms with E-state index in [1.807, 2.05) is 55.1 Å². The molecule has 0 aliphatic carbocycles. The van der Waals surface area contributed by atoms with E-state index in [2.05, 4.69) is 72.7 Å². The molecule has 30 nitrogen and oxygen atoms in total. The average Bonchev–Trinajstić information content (AvgIpc) is 3.19. The molecule has 520 valence electrons. The maximum absolute atomic E-state index is 10.0. The van der Waals surface area contributed by atoms with Crippen LogP contribution in [0.2, 0.25) is 0 Å². The van der Waals surface area contributed by atoms with Gasteiger partial charge in [0.05, 0.1) is 60.8 Å². The number of nitrogens with zero attached hydrogens (tertiary/aromatic N) is 1. The number of nitrogens with one attached hydrogen (secondary N) is 1. The zero-order valence-electron chi connectivity index (χ0n) is 48.6. The number of ether oxygens (including phenoxy) is 1. The zero-order chi connectivity index (χ0) is 63.6. The lowest BCUT2D eigenvalue weighted by atomic mass is 10.6. The van der Waals surface area contributed by atoms with Gasteiger partial charge >= 0.3 is 0 Å². The topological polar surface area (TPSA) is 529 Å². The molecule has 0 aliphatic heterocycles. The summed E-state index contributed by atoms with van der Waals surface area (Å²) in [4.78, 5) is 13.8. The van der Waals surface area contributed by atoms with Crippen LogP contribution in [-0.2, 0) is 98.4 Å². The molecule has 0 radical (unpaired) electrons. The van der Waals surface area contributed by atoms with Crippen LogP contribution < -0.4 is 50.0 Å². The minimum Gasteiger partial charge on any atom is -0.388 e. The number of nitrogens with two attached hydrogens (primary N) is 8. The number of rotatable bonds is 5. The van der Waals surface area contributed by atoms with E-state index in [0.29, 0.717) is 0 Å². The highest BCUT2D eigenvalue weighted by Crippen LogP contribution is 2.24. The number of sulfonamides is 3. The number of hydrogen-bond acceptors (Lipinski definition) is 27. The third-order valence-electron chi connectivity index (χ3n) is 1.31. The van der Waals surface area contributed by atoms with Gasteiger partial charge in [0, 0.05) is 57.1 Å². The van der Waals surface area contributed by atoms with Crippen molar-refractivity contribution in [2.45, 2.75) is 101 Å². The number of primary sulfonamides is 2. The van der Waals surface area contributed by atoms with E-state index >= 15 is 0 Å². The van der Waals surface area contributed by atoms with Gasteiger partial charge in [0.2, 0.25) is 30.1 Å². The molecule has 0 aliphatic rings. The summed E-state index contributed by atoms with van der Waals surface area (Å²) in [7, 11) is 1.20. The molecule has 38 heteroatoms. The first kappa shape index (κ1) is 178. The van der Waals surface area contributed by atoms with E-state index in [4.69, 9.17) is 5.21 Å². The summed E-state index contributed by atoms with van der Waals surface area (Å²) in [6.45, 7) is 15.0. The Labute approximate surface area is 493 Å². The molecule has 0 rings (SSSR count). The van der Waals surface area contributed by atoms with Crippen LogP contribution in [0, 0.1) is 0 Å². The monoisotopic (exact) mass is 1340 g/mol. The Bertz CT molecular complexity index is 1380. The second kappa shape index (κ2) is 152. The van der Waals surface area contributed by atoms with Crippen molar-refractivity contribution in [2.24, 2.45) is 44.7 Å². The fraction of sp³-hybridized carbons (Fsp3) is 0.975. The van der Waals surface area contributed by atoms with Crippen molar-refractivity contribution < 1.29 is 87.4 Å².